The van der Waals surface area contributed by atoms with Gasteiger partial charge in [0.05, 0.1) is 16.7 Å². The van der Waals surface area contributed by atoms with Crippen molar-refractivity contribution in [2.75, 3.05) is 5.75 Å². The van der Waals surface area contributed by atoms with Crippen LogP contribution in [0.1, 0.15) is 26.7 Å². The highest BCUT2D eigenvalue weighted by Crippen LogP contribution is 2.20. The topological polar surface area (TPSA) is 64.0 Å². The zero-order valence-corrected chi connectivity index (χ0v) is 16.0. The lowest BCUT2D eigenvalue weighted by atomic mass is 10.2. The van der Waals surface area contributed by atoms with Crippen molar-refractivity contribution in [3.63, 3.8) is 0 Å². The lowest BCUT2D eigenvalue weighted by Gasteiger charge is -2.15. The second-order valence-corrected chi connectivity index (χ2v) is 7.01. The molecule has 1 aromatic heterocycles. The average Bonchev–Trinajstić information content (AvgIpc) is 2.61. The van der Waals surface area contributed by atoms with Gasteiger partial charge in [0.25, 0.3) is 5.56 Å². The van der Waals surface area contributed by atoms with E-state index in [-0.39, 0.29) is 23.3 Å². The van der Waals surface area contributed by atoms with Gasteiger partial charge in [0, 0.05) is 17.6 Å². The molecule has 0 spiro atoms. The van der Waals surface area contributed by atoms with Crippen LogP contribution in [0.15, 0.2) is 40.8 Å². The van der Waals surface area contributed by atoms with Crippen LogP contribution >= 0.6 is 23.4 Å². The number of hydrogen-bond acceptors (Lipinski definition) is 4. The fraction of sp³-hybridized carbons (Fsp3) is 0.389. The maximum absolute atomic E-state index is 12.7. The van der Waals surface area contributed by atoms with Crippen LogP contribution in [0.4, 0.5) is 0 Å². The fourth-order valence-corrected chi connectivity index (χ4v) is 3.46. The van der Waals surface area contributed by atoms with Gasteiger partial charge in [-0.25, -0.2) is 4.98 Å². The first kappa shape index (κ1) is 19.5. The van der Waals surface area contributed by atoms with Crippen molar-refractivity contribution in [3.05, 3.63) is 46.2 Å². The molecule has 0 aliphatic carbocycles. The Hall–Kier alpha value is -1.79. The fourth-order valence-electron chi connectivity index (χ4n) is 2.47. The van der Waals surface area contributed by atoms with Crippen LogP contribution < -0.4 is 10.9 Å². The van der Waals surface area contributed by atoms with Gasteiger partial charge in [-0.3, -0.25) is 14.2 Å². The summed E-state index contributed by atoms with van der Waals surface area (Å²) in [5.41, 5.74) is 0.382. The highest BCUT2D eigenvalue weighted by molar-refractivity contribution is 7.99. The molecule has 0 aliphatic heterocycles. The number of fused-ring (bicyclic) bond motifs is 1. The number of allylic oxidation sites excluding steroid dienone is 1. The van der Waals surface area contributed by atoms with E-state index in [1.807, 2.05) is 13.8 Å². The summed E-state index contributed by atoms with van der Waals surface area (Å²) < 4.78 is 1.51. The van der Waals surface area contributed by atoms with Crippen molar-refractivity contribution in [3.8, 4) is 0 Å². The Balaban J connectivity index is 2.29. The van der Waals surface area contributed by atoms with E-state index in [1.165, 1.54) is 16.3 Å². The summed E-state index contributed by atoms with van der Waals surface area (Å²) in [6, 6.07) is 5.20. The predicted octanol–water partition coefficient (Wildman–Crippen LogP) is 3.63. The van der Waals surface area contributed by atoms with Gasteiger partial charge in [0.2, 0.25) is 5.91 Å². The van der Waals surface area contributed by atoms with Gasteiger partial charge in [-0.2, -0.15) is 0 Å². The second kappa shape index (κ2) is 9.06. The maximum Gasteiger partial charge on any atom is 0.262 e. The standard InChI is InChI=1S/C18H22ClN3O2S/c1-4-9-22-17(24)14-10-12(19)7-8-15(14)21-18(22)25-11-16(23)20-13(5-2)6-3/h4,7-8,10,13H,1,5-6,9,11H2,2-3H3,(H,20,23). The van der Waals surface area contributed by atoms with Crippen molar-refractivity contribution < 1.29 is 4.79 Å². The van der Waals surface area contributed by atoms with E-state index in [0.29, 0.717) is 27.6 Å². The predicted molar refractivity (Wildman–Crippen MR) is 104 cm³/mol. The molecule has 0 saturated heterocycles. The van der Waals surface area contributed by atoms with Crippen LogP contribution in [0.5, 0.6) is 0 Å². The number of aromatic nitrogens is 2. The molecular formula is C18H22ClN3O2S. The van der Waals surface area contributed by atoms with Crippen LogP contribution in [0.2, 0.25) is 5.02 Å². The lowest BCUT2D eigenvalue weighted by Crippen LogP contribution is -2.35. The lowest BCUT2D eigenvalue weighted by molar-refractivity contribution is -0.119. The van der Waals surface area contributed by atoms with E-state index < -0.39 is 0 Å². The molecule has 1 N–H and O–H groups in total. The number of rotatable bonds is 8. The molecule has 1 aromatic carbocycles. The van der Waals surface area contributed by atoms with Gasteiger partial charge in [0.1, 0.15) is 0 Å². The number of nitrogens with zero attached hydrogens (tertiary/aromatic N) is 2. The summed E-state index contributed by atoms with van der Waals surface area (Å²) >= 11 is 7.23. The number of carbonyl (C=O) groups excluding carboxylic acids is 1. The molecule has 0 fully saturated rings. The monoisotopic (exact) mass is 379 g/mol. The molecule has 0 aliphatic rings. The van der Waals surface area contributed by atoms with Crippen LogP contribution in [0.25, 0.3) is 10.9 Å². The first-order valence-corrected chi connectivity index (χ1v) is 9.59. The quantitative estimate of drug-likeness (QED) is 0.432. The molecule has 1 amide bonds. The van der Waals surface area contributed by atoms with Gasteiger partial charge in [-0.1, -0.05) is 43.3 Å². The summed E-state index contributed by atoms with van der Waals surface area (Å²) in [6.07, 6.45) is 3.42. The summed E-state index contributed by atoms with van der Waals surface area (Å²) in [4.78, 5) is 29.4. The minimum atomic E-state index is -0.185. The van der Waals surface area contributed by atoms with Crippen molar-refractivity contribution in [2.24, 2.45) is 0 Å². The zero-order chi connectivity index (χ0) is 18.4. The van der Waals surface area contributed by atoms with Crippen molar-refractivity contribution in [1.29, 1.82) is 0 Å². The SMILES string of the molecule is C=CCn1c(SCC(=O)NC(CC)CC)nc2ccc(Cl)cc2c1=O. The smallest absolute Gasteiger partial charge is 0.262 e. The molecule has 2 rings (SSSR count). The van der Waals surface area contributed by atoms with E-state index in [2.05, 4.69) is 16.9 Å². The van der Waals surface area contributed by atoms with Crippen molar-refractivity contribution >= 4 is 40.2 Å². The molecule has 0 unspecified atom stereocenters. The van der Waals surface area contributed by atoms with Gasteiger partial charge in [-0.15, -0.1) is 6.58 Å². The molecule has 7 heteroatoms. The Morgan fingerprint density at radius 2 is 2.16 bits per heavy atom. The average molecular weight is 380 g/mol. The third-order valence-corrected chi connectivity index (χ3v) is 5.09. The molecule has 0 bridgehead atoms. The Morgan fingerprint density at radius 1 is 1.44 bits per heavy atom. The van der Waals surface area contributed by atoms with E-state index in [0.717, 1.165) is 12.8 Å². The van der Waals surface area contributed by atoms with Crippen molar-refractivity contribution in [2.45, 2.75) is 44.4 Å². The zero-order valence-electron chi connectivity index (χ0n) is 14.4. The third kappa shape index (κ3) is 4.86. The summed E-state index contributed by atoms with van der Waals surface area (Å²) in [6.45, 7) is 8.10. The van der Waals surface area contributed by atoms with E-state index >= 15 is 0 Å². The number of halogens is 1. The van der Waals surface area contributed by atoms with Crippen LogP contribution in [0, 0.1) is 0 Å². The minimum Gasteiger partial charge on any atom is -0.353 e. The maximum atomic E-state index is 12.7. The molecule has 25 heavy (non-hydrogen) atoms. The first-order chi connectivity index (χ1) is 12.0. The first-order valence-electron chi connectivity index (χ1n) is 8.23. The van der Waals surface area contributed by atoms with Gasteiger partial charge in [0.15, 0.2) is 5.16 Å². The Labute approximate surface area is 156 Å². The molecule has 0 radical (unpaired) electrons. The van der Waals surface area contributed by atoms with Gasteiger partial charge >= 0.3 is 0 Å². The molecule has 1 heterocycles. The number of benzene rings is 1. The Bertz CT molecular complexity index is 831. The molecule has 5 nitrogen and oxygen atoms in total. The van der Waals surface area contributed by atoms with E-state index in [9.17, 15) is 9.59 Å². The largest absolute Gasteiger partial charge is 0.353 e. The van der Waals surface area contributed by atoms with Gasteiger partial charge in [-0.05, 0) is 31.0 Å². The van der Waals surface area contributed by atoms with Crippen LogP contribution in [-0.4, -0.2) is 27.3 Å². The minimum absolute atomic E-state index is 0.0608. The van der Waals surface area contributed by atoms with Gasteiger partial charge < -0.3 is 5.32 Å². The highest BCUT2D eigenvalue weighted by atomic mass is 35.5. The van der Waals surface area contributed by atoms with Crippen LogP contribution in [0.3, 0.4) is 0 Å². The van der Waals surface area contributed by atoms with E-state index in [4.69, 9.17) is 11.6 Å². The Morgan fingerprint density at radius 3 is 2.80 bits per heavy atom. The third-order valence-electron chi connectivity index (χ3n) is 3.88. The summed E-state index contributed by atoms with van der Waals surface area (Å²) in [7, 11) is 0. The number of nitrogens with one attached hydrogen (secondary N) is 1. The number of amides is 1. The Kier molecular flexibility index (Phi) is 7.08. The molecule has 0 atom stereocenters. The second-order valence-electron chi connectivity index (χ2n) is 5.63. The molecule has 134 valence electrons. The molecule has 0 saturated carbocycles. The number of thioether (sulfide) groups is 1. The normalized spacial score (nSPS) is 11.0. The molecule has 2 aromatic rings. The van der Waals surface area contributed by atoms with Crippen molar-refractivity contribution in [1.82, 2.24) is 14.9 Å². The van der Waals surface area contributed by atoms with Crippen LogP contribution in [-0.2, 0) is 11.3 Å². The number of carbonyl (C=O) groups is 1. The highest BCUT2D eigenvalue weighted by Gasteiger charge is 2.14. The van der Waals surface area contributed by atoms with E-state index in [1.54, 1.807) is 24.3 Å². The summed E-state index contributed by atoms with van der Waals surface area (Å²) in [5, 5.41) is 4.43. The summed E-state index contributed by atoms with van der Waals surface area (Å²) in [5.74, 6) is 0.147. The number of hydrogen-bond donors (Lipinski definition) is 1. The molecular weight excluding hydrogens is 358 g/mol.